The maximum Gasteiger partial charge on any atom is 0.254 e. The van der Waals surface area contributed by atoms with Crippen molar-refractivity contribution in [3.05, 3.63) is 35.4 Å². The minimum absolute atomic E-state index is 0.130. The fourth-order valence-corrected chi connectivity index (χ4v) is 2.36. The van der Waals surface area contributed by atoms with E-state index in [1.165, 1.54) is 0 Å². The van der Waals surface area contributed by atoms with E-state index in [2.05, 4.69) is 5.32 Å². The van der Waals surface area contributed by atoms with Crippen LogP contribution in [-0.2, 0) is 9.84 Å². The topological polar surface area (TPSA) is 63.2 Å². The molecule has 1 amide bonds. The summed E-state index contributed by atoms with van der Waals surface area (Å²) < 4.78 is 48.7. The lowest BCUT2D eigenvalue weighted by Crippen LogP contribution is -2.36. The maximum absolute atomic E-state index is 13.3. The second-order valence-electron chi connectivity index (χ2n) is 5.31. The number of sulfone groups is 1. The van der Waals surface area contributed by atoms with Crippen LogP contribution in [0.3, 0.4) is 0 Å². The Labute approximate surface area is 117 Å². The Morgan fingerprint density at radius 1 is 1.25 bits per heavy atom. The molecule has 7 heteroatoms. The zero-order valence-electron chi connectivity index (χ0n) is 11.5. The number of hydrogen-bond donors (Lipinski definition) is 1. The van der Waals surface area contributed by atoms with E-state index in [1.807, 2.05) is 0 Å². The molecule has 0 saturated carbocycles. The molecular formula is C13H17F2NO3S. The minimum Gasteiger partial charge on any atom is -0.351 e. The molecule has 0 aliphatic carbocycles. The molecule has 0 atom stereocenters. The van der Waals surface area contributed by atoms with Crippen molar-refractivity contribution in [2.45, 2.75) is 25.5 Å². The van der Waals surface area contributed by atoms with E-state index < -0.39 is 32.1 Å². The quantitative estimate of drug-likeness (QED) is 0.924. The normalized spacial score (nSPS) is 12.2. The summed E-state index contributed by atoms with van der Waals surface area (Å²) in [5.74, 6) is -2.78. The highest BCUT2D eigenvalue weighted by Crippen LogP contribution is 2.15. The van der Waals surface area contributed by atoms with Crippen LogP contribution in [0.5, 0.6) is 0 Å². The number of benzene rings is 1. The van der Waals surface area contributed by atoms with Gasteiger partial charge in [-0.05, 0) is 32.9 Å². The van der Waals surface area contributed by atoms with Crippen molar-refractivity contribution in [2.75, 3.05) is 12.3 Å². The Bertz CT molecular complexity index is 607. The Morgan fingerprint density at radius 2 is 1.85 bits per heavy atom. The number of nitrogens with one attached hydrogen (secondary N) is 1. The van der Waals surface area contributed by atoms with Crippen LogP contribution in [0, 0.1) is 11.6 Å². The third kappa shape index (κ3) is 4.00. The van der Waals surface area contributed by atoms with Gasteiger partial charge in [0, 0.05) is 12.6 Å². The molecule has 0 aliphatic heterocycles. The average molecular weight is 305 g/mol. The molecule has 0 unspecified atom stereocenters. The van der Waals surface area contributed by atoms with Crippen molar-refractivity contribution in [3.8, 4) is 0 Å². The Balaban J connectivity index is 2.66. The average Bonchev–Trinajstić information content (AvgIpc) is 2.26. The molecule has 0 saturated heterocycles. The summed E-state index contributed by atoms with van der Waals surface area (Å²) in [4.78, 5) is 11.6. The van der Waals surface area contributed by atoms with Crippen molar-refractivity contribution >= 4 is 15.7 Å². The van der Waals surface area contributed by atoms with E-state index in [1.54, 1.807) is 20.8 Å². The number of halogens is 2. The molecule has 1 aromatic rings. The van der Waals surface area contributed by atoms with Crippen LogP contribution in [-0.4, -0.2) is 31.4 Å². The molecule has 20 heavy (non-hydrogen) atoms. The van der Waals surface area contributed by atoms with Crippen LogP contribution in [0.2, 0.25) is 0 Å². The summed E-state index contributed by atoms with van der Waals surface area (Å²) >= 11 is 0. The first kappa shape index (κ1) is 16.6. The molecule has 4 nitrogen and oxygen atoms in total. The summed E-state index contributed by atoms with van der Waals surface area (Å²) in [6.07, 6.45) is 0. The molecule has 112 valence electrons. The predicted molar refractivity (Wildman–Crippen MR) is 72.2 cm³/mol. The van der Waals surface area contributed by atoms with Crippen molar-refractivity contribution in [2.24, 2.45) is 0 Å². The highest BCUT2D eigenvalue weighted by atomic mass is 32.2. The lowest BCUT2D eigenvalue weighted by atomic mass is 10.2. The van der Waals surface area contributed by atoms with E-state index in [0.717, 1.165) is 12.1 Å². The highest BCUT2D eigenvalue weighted by molar-refractivity contribution is 7.92. The van der Waals surface area contributed by atoms with Gasteiger partial charge in [-0.2, -0.15) is 0 Å². The number of amides is 1. The van der Waals surface area contributed by atoms with Crippen LogP contribution in [0.4, 0.5) is 8.78 Å². The monoisotopic (exact) mass is 305 g/mol. The van der Waals surface area contributed by atoms with Crippen molar-refractivity contribution < 1.29 is 22.0 Å². The van der Waals surface area contributed by atoms with Gasteiger partial charge in [0.2, 0.25) is 0 Å². The molecule has 1 rings (SSSR count). The number of hydrogen-bond acceptors (Lipinski definition) is 3. The number of carbonyl (C=O) groups is 1. The molecule has 1 N–H and O–H groups in total. The van der Waals surface area contributed by atoms with Crippen molar-refractivity contribution in [3.63, 3.8) is 0 Å². The van der Waals surface area contributed by atoms with Gasteiger partial charge in [0.15, 0.2) is 9.84 Å². The van der Waals surface area contributed by atoms with Gasteiger partial charge in [0.1, 0.15) is 11.6 Å². The van der Waals surface area contributed by atoms with Gasteiger partial charge < -0.3 is 5.32 Å². The summed E-state index contributed by atoms with van der Waals surface area (Å²) in [6, 6.07) is 2.57. The molecule has 0 spiro atoms. The van der Waals surface area contributed by atoms with Gasteiger partial charge >= 0.3 is 0 Å². The van der Waals surface area contributed by atoms with Crippen LogP contribution in [0.1, 0.15) is 31.1 Å². The fourth-order valence-electron chi connectivity index (χ4n) is 1.37. The summed E-state index contributed by atoms with van der Waals surface area (Å²) in [5, 5.41) is 2.31. The zero-order valence-corrected chi connectivity index (χ0v) is 12.4. The lowest BCUT2D eigenvalue weighted by Gasteiger charge is -2.19. The van der Waals surface area contributed by atoms with Gasteiger partial charge in [0.05, 0.1) is 16.1 Å². The van der Waals surface area contributed by atoms with Crippen LogP contribution >= 0.6 is 0 Å². The molecule has 0 bridgehead atoms. The standard InChI is InChI=1S/C13H17F2NO3S/c1-13(2,3)20(18,19)7-6-16-12(17)10-5-4-9(14)8-11(10)15/h4-5,8H,6-7H2,1-3H3,(H,16,17). The predicted octanol–water partition coefficient (Wildman–Crippen LogP) is 1.91. The van der Waals surface area contributed by atoms with Crippen LogP contribution in [0.15, 0.2) is 18.2 Å². The zero-order chi connectivity index (χ0) is 15.6. The van der Waals surface area contributed by atoms with E-state index in [0.29, 0.717) is 6.07 Å². The molecule has 1 aromatic carbocycles. The first-order valence-electron chi connectivity index (χ1n) is 6.00. The van der Waals surface area contributed by atoms with Gasteiger partial charge in [-0.25, -0.2) is 17.2 Å². The first-order chi connectivity index (χ1) is 9.04. The molecule has 0 heterocycles. The largest absolute Gasteiger partial charge is 0.351 e. The van der Waals surface area contributed by atoms with Gasteiger partial charge in [-0.1, -0.05) is 0 Å². The van der Waals surface area contributed by atoms with E-state index in [4.69, 9.17) is 0 Å². The van der Waals surface area contributed by atoms with Crippen molar-refractivity contribution in [1.82, 2.24) is 5.32 Å². The second kappa shape index (κ2) is 5.87. The smallest absolute Gasteiger partial charge is 0.254 e. The maximum atomic E-state index is 13.3. The SMILES string of the molecule is CC(C)(C)S(=O)(=O)CCNC(=O)c1ccc(F)cc1F. The highest BCUT2D eigenvalue weighted by Gasteiger charge is 2.28. The van der Waals surface area contributed by atoms with Crippen molar-refractivity contribution in [1.29, 1.82) is 0 Å². The lowest BCUT2D eigenvalue weighted by molar-refractivity contribution is 0.0952. The van der Waals surface area contributed by atoms with Gasteiger partial charge in [0.25, 0.3) is 5.91 Å². The summed E-state index contributed by atoms with van der Waals surface area (Å²) in [5.41, 5.74) is -0.320. The first-order valence-corrected chi connectivity index (χ1v) is 7.65. The summed E-state index contributed by atoms with van der Waals surface area (Å²) in [6.45, 7) is 4.55. The molecular weight excluding hydrogens is 288 g/mol. The Kier molecular flexibility index (Phi) is 4.86. The fraction of sp³-hybridized carbons (Fsp3) is 0.462. The van der Waals surface area contributed by atoms with E-state index >= 15 is 0 Å². The second-order valence-corrected chi connectivity index (χ2v) is 8.17. The van der Waals surface area contributed by atoms with Gasteiger partial charge in [-0.3, -0.25) is 4.79 Å². The number of rotatable bonds is 4. The number of carbonyl (C=O) groups excluding carboxylic acids is 1. The van der Waals surface area contributed by atoms with E-state index in [9.17, 15) is 22.0 Å². The Morgan fingerprint density at radius 3 is 2.35 bits per heavy atom. The third-order valence-electron chi connectivity index (χ3n) is 2.77. The minimum atomic E-state index is -3.36. The third-order valence-corrected chi connectivity index (χ3v) is 5.37. The molecule has 0 aromatic heterocycles. The summed E-state index contributed by atoms with van der Waals surface area (Å²) in [7, 11) is -3.36. The molecule has 0 fully saturated rings. The van der Waals surface area contributed by atoms with Gasteiger partial charge in [-0.15, -0.1) is 0 Å². The Hall–Kier alpha value is -1.50. The van der Waals surface area contributed by atoms with E-state index in [-0.39, 0.29) is 17.9 Å². The van der Waals surface area contributed by atoms with Crippen LogP contribution in [0.25, 0.3) is 0 Å². The molecule has 0 radical (unpaired) electrons. The van der Waals surface area contributed by atoms with Crippen LogP contribution < -0.4 is 5.32 Å². The molecule has 0 aliphatic rings.